The summed E-state index contributed by atoms with van der Waals surface area (Å²) in [4.78, 5) is 37.5. The van der Waals surface area contributed by atoms with Crippen LogP contribution in [-0.4, -0.2) is 35.5 Å². The maximum Gasteiger partial charge on any atom is 0.309 e. The van der Waals surface area contributed by atoms with E-state index in [1.165, 1.54) is 13.8 Å². The third-order valence-corrected chi connectivity index (χ3v) is 4.42. The van der Waals surface area contributed by atoms with Gasteiger partial charge in [0.05, 0.1) is 16.1 Å². The number of halogens is 1. The molecule has 1 aromatic rings. The standard InChI is InChI=1S/C17H21ClN2O4/c1-17(2,16(23)24)10-14(21)19-12-7-5-9-20(15(12)22)13-8-4-3-6-11(13)18/h3-4,6,8,12H,5,7,9-10H2,1-2H3,(H,19,21)(H,23,24). The lowest BCUT2D eigenvalue weighted by Crippen LogP contribution is -2.53. The molecule has 130 valence electrons. The van der Waals surface area contributed by atoms with E-state index in [0.29, 0.717) is 23.7 Å². The maximum atomic E-state index is 12.6. The lowest BCUT2D eigenvalue weighted by molar-refractivity contribution is -0.149. The summed E-state index contributed by atoms with van der Waals surface area (Å²) in [6, 6.07) is 6.39. The van der Waals surface area contributed by atoms with Gasteiger partial charge in [-0.25, -0.2) is 0 Å². The summed E-state index contributed by atoms with van der Waals surface area (Å²) in [5.74, 6) is -1.72. The number of rotatable bonds is 5. The first-order valence-corrected chi connectivity index (χ1v) is 8.19. The molecule has 1 aromatic carbocycles. The summed E-state index contributed by atoms with van der Waals surface area (Å²) in [7, 11) is 0. The van der Waals surface area contributed by atoms with E-state index >= 15 is 0 Å². The highest BCUT2D eigenvalue weighted by molar-refractivity contribution is 6.33. The molecule has 0 radical (unpaired) electrons. The molecule has 0 spiro atoms. The molecule has 1 fully saturated rings. The minimum atomic E-state index is -1.18. The van der Waals surface area contributed by atoms with Crippen LogP contribution in [-0.2, 0) is 14.4 Å². The van der Waals surface area contributed by atoms with Gasteiger partial charge in [-0.2, -0.15) is 0 Å². The Morgan fingerprint density at radius 1 is 1.38 bits per heavy atom. The summed E-state index contributed by atoms with van der Waals surface area (Å²) in [5, 5.41) is 12.2. The zero-order valence-corrected chi connectivity index (χ0v) is 14.5. The highest BCUT2D eigenvalue weighted by Crippen LogP contribution is 2.28. The van der Waals surface area contributed by atoms with Gasteiger partial charge in [-0.1, -0.05) is 23.7 Å². The second-order valence-corrected chi connectivity index (χ2v) is 6.98. The van der Waals surface area contributed by atoms with Crippen LogP contribution < -0.4 is 10.2 Å². The number of aliphatic carboxylic acids is 1. The molecule has 2 rings (SSSR count). The topological polar surface area (TPSA) is 86.7 Å². The number of para-hydroxylation sites is 1. The van der Waals surface area contributed by atoms with Crippen LogP contribution in [0.15, 0.2) is 24.3 Å². The molecule has 0 aliphatic carbocycles. The van der Waals surface area contributed by atoms with Gasteiger partial charge in [0.25, 0.3) is 0 Å². The first kappa shape index (κ1) is 18.3. The summed E-state index contributed by atoms with van der Waals surface area (Å²) in [6.45, 7) is 3.50. The number of anilines is 1. The molecule has 0 aromatic heterocycles. The second-order valence-electron chi connectivity index (χ2n) is 6.57. The number of carboxylic acids is 1. The fourth-order valence-corrected chi connectivity index (χ4v) is 2.88. The van der Waals surface area contributed by atoms with Crippen molar-refractivity contribution in [2.24, 2.45) is 5.41 Å². The number of carboxylic acid groups (broad SMARTS) is 1. The Labute approximate surface area is 145 Å². The fourth-order valence-electron chi connectivity index (χ4n) is 2.64. The number of carbonyl (C=O) groups is 3. The van der Waals surface area contributed by atoms with E-state index in [1.54, 1.807) is 29.2 Å². The van der Waals surface area contributed by atoms with Gasteiger partial charge in [0.1, 0.15) is 6.04 Å². The van der Waals surface area contributed by atoms with Gasteiger partial charge in [0.2, 0.25) is 11.8 Å². The number of carbonyl (C=O) groups excluding carboxylic acids is 2. The number of benzene rings is 1. The van der Waals surface area contributed by atoms with E-state index in [1.807, 2.05) is 0 Å². The first-order valence-electron chi connectivity index (χ1n) is 7.81. The fraction of sp³-hybridized carbons (Fsp3) is 0.471. The van der Waals surface area contributed by atoms with Crippen LogP contribution in [0.1, 0.15) is 33.1 Å². The van der Waals surface area contributed by atoms with Gasteiger partial charge in [-0.05, 0) is 38.8 Å². The minimum absolute atomic E-state index is 0.182. The van der Waals surface area contributed by atoms with Crippen LogP contribution in [0.5, 0.6) is 0 Å². The van der Waals surface area contributed by atoms with Crippen LogP contribution in [0.2, 0.25) is 5.02 Å². The molecule has 24 heavy (non-hydrogen) atoms. The van der Waals surface area contributed by atoms with Gasteiger partial charge >= 0.3 is 5.97 Å². The summed E-state index contributed by atoms with van der Waals surface area (Å²) in [5.41, 5.74) is -0.557. The van der Waals surface area contributed by atoms with Gasteiger partial charge in [0.15, 0.2) is 0 Å². The molecular formula is C17H21ClN2O4. The van der Waals surface area contributed by atoms with Crippen LogP contribution in [0.3, 0.4) is 0 Å². The van der Waals surface area contributed by atoms with Gasteiger partial charge in [-0.15, -0.1) is 0 Å². The zero-order valence-electron chi connectivity index (χ0n) is 13.7. The largest absolute Gasteiger partial charge is 0.481 e. The number of amides is 2. The normalized spacial score (nSPS) is 18.4. The van der Waals surface area contributed by atoms with E-state index in [-0.39, 0.29) is 12.3 Å². The lowest BCUT2D eigenvalue weighted by Gasteiger charge is -2.33. The van der Waals surface area contributed by atoms with Crippen LogP contribution in [0.4, 0.5) is 5.69 Å². The molecule has 1 heterocycles. The van der Waals surface area contributed by atoms with Crippen molar-refractivity contribution in [2.45, 2.75) is 39.2 Å². The van der Waals surface area contributed by atoms with Crippen molar-refractivity contribution in [1.82, 2.24) is 5.32 Å². The van der Waals surface area contributed by atoms with Gasteiger partial charge < -0.3 is 15.3 Å². The molecule has 2 N–H and O–H groups in total. The van der Waals surface area contributed by atoms with Crippen LogP contribution in [0.25, 0.3) is 0 Å². The number of hydrogen-bond donors (Lipinski definition) is 2. The van der Waals surface area contributed by atoms with Crippen molar-refractivity contribution < 1.29 is 19.5 Å². The van der Waals surface area contributed by atoms with E-state index in [4.69, 9.17) is 16.7 Å². The van der Waals surface area contributed by atoms with Crippen molar-refractivity contribution in [3.8, 4) is 0 Å². The summed E-state index contributed by atoms with van der Waals surface area (Å²) in [6.07, 6.45) is 1.07. The Morgan fingerprint density at radius 2 is 2.04 bits per heavy atom. The van der Waals surface area contributed by atoms with E-state index in [2.05, 4.69) is 5.32 Å². The van der Waals surface area contributed by atoms with Gasteiger partial charge in [0, 0.05) is 13.0 Å². The quantitative estimate of drug-likeness (QED) is 0.852. The Balaban J connectivity index is 2.07. The van der Waals surface area contributed by atoms with E-state index < -0.39 is 23.3 Å². The summed E-state index contributed by atoms with van der Waals surface area (Å²) >= 11 is 6.15. The average Bonchev–Trinajstić information content (AvgIpc) is 2.49. The van der Waals surface area contributed by atoms with Gasteiger partial charge in [-0.3, -0.25) is 14.4 Å². The van der Waals surface area contributed by atoms with Crippen molar-refractivity contribution in [2.75, 3.05) is 11.4 Å². The summed E-state index contributed by atoms with van der Waals surface area (Å²) < 4.78 is 0. The molecule has 7 heteroatoms. The molecule has 1 unspecified atom stereocenters. The Morgan fingerprint density at radius 3 is 2.67 bits per heavy atom. The highest BCUT2D eigenvalue weighted by Gasteiger charge is 2.35. The maximum absolute atomic E-state index is 12.6. The monoisotopic (exact) mass is 352 g/mol. The highest BCUT2D eigenvalue weighted by atomic mass is 35.5. The van der Waals surface area contributed by atoms with Crippen molar-refractivity contribution in [3.05, 3.63) is 29.3 Å². The molecule has 1 aliphatic heterocycles. The second kappa shape index (κ2) is 7.21. The lowest BCUT2D eigenvalue weighted by atomic mass is 9.89. The number of nitrogens with zero attached hydrogens (tertiary/aromatic N) is 1. The van der Waals surface area contributed by atoms with E-state index in [0.717, 1.165) is 6.42 Å². The molecule has 6 nitrogen and oxygen atoms in total. The predicted molar refractivity (Wildman–Crippen MR) is 91.0 cm³/mol. The number of nitrogens with one attached hydrogen (secondary N) is 1. The molecule has 0 bridgehead atoms. The van der Waals surface area contributed by atoms with Crippen molar-refractivity contribution in [1.29, 1.82) is 0 Å². The third kappa shape index (κ3) is 4.06. The van der Waals surface area contributed by atoms with Crippen LogP contribution in [0, 0.1) is 5.41 Å². The SMILES string of the molecule is CC(C)(CC(=O)NC1CCCN(c2ccccc2Cl)C1=O)C(=O)O. The minimum Gasteiger partial charge on any atom is -0.481 e. The Bertz CT molecular complexity index is 660. The van der Waals surface area contributed by atoms with Crippen molar-refractivity contribution >= 4 is 35.1 Å². The van der Waals surface area contributed by atoms with E-state index in [9.17, 15) is 14.4 Å². The average molecular weight is 353 g/mol. The molecular weight excluding hydrogens is 332 g/mol. The molecule has 1 atom stereocenters. The molecule has 2 amide bonds. The number of hydrogen-bond acceptors (Lipinski definition) is 3. The third-order valence-electron chi connectivity index (χ3n) is 4.10. The number of piperidine rings is 1. The van der Waals surface area contributed by atoms with Crippen molar-refractivity contribution in [3.63, 3.8) is 0 Å². The van der Waals surface area contributed by atoms with Crippen LogP contribution >= 0.6 is 11.6 Å². The zero-order chi connectivity index (χ0) is 17.9. The first-order chi connectivity index (χ1) is 11.2. The molecule has 1 saturated heterocycles. The molecule has 0 saturated carbocycles. The Kier molecular flexibility index (Phi) is 5.49. The predicted octanol–water partition coefficient (Wildman–Crippen LogP) is 2.45. The molecule has 1 aliphatic rings. The smallest absolute Gasteiger partial charge is 0.309 e. The Hall–Kier alpha value is -2.08.